The van der Waals surface area contributed by atoms with Crippen LogP contribution in [-0.4, -0.2) is 21.4 Å². The van der Waals surface area contributed by atoms with Gasteiger partial charge in [-0.3, -0.25) is 0 Å². The van der Waals surface area contributed by atoms with E-state index in [4.69, 9.17) is 10.4 Å². The minimum absolute atomic E-state index is 0.455. The van der Waals surface area contributed by atoms with Crippen LogP contribution < -0.4 is 0 Å². The van der Waals surface area contributed by atoms with E-state index in [-0.39, 0.29) is 0 Å². The Balaban J connectivity index is 3.62. The van der Waals surface area contributed by atoms with Crippen LogP contribution in [0.1, 0.15) is 20.3 Å². The molecule has 50 valence electrons. The highest BCUT2D eigenvalue weighted by molar-refractivity contribution is 4.39. The fraction of sp³-hybridized carbons (Fsp3) is 1.00. The van der Waals surface area contributed by atoms with Crippen molar-refractivity contribution in [1.29, 1.82) is 0 Å². The molecule has 4 nitrogen and oxygen atoms in total. The molecule has 0 aromatic heterocycles. The largest absolute Gasteiger partial charge is 0.564 e. The molecule has 0 heterocycles. The Kier molecular flexibility index (Phi) is 2.36. The molecule has 2 N–H and O–H groups in total. The molecule has 0 aliphatic carbocycles. The number of rotatable bonds is 2. The summed E-state index contributed by atoms with van der Waals surface area (Å²) < 4.78 is 0. The molecule has 0 saturated carbocycles. The predicted octanol–water partition coefficient (Wildman–Crippen LogP) is 0.878. The molecule has 0 rings (SSSR count). The van der Waals surface area contributed by atoms with E-state index in [1.54, 1.807) is 6.92 Å². The molecule has 0 saturated heterocycles. The van der Waals surface area contributed by atoms with Gasteiger partial charge in [0.25, 0.3) is 0 Å². The summed E-state index contributed by atoms with van der Waals surface area (Å²) >= 11 is 0. The van der Waals surface area contributed by atoms with Crippen molar-refractivity contribution < 1.29 is 15.4 Å². The Morgan fingerprint density at radius 3 is 2.00 bits per heavy atom. The first-order valence-electron chi connectivity index (χ1n) is 2.53. The molecule has 1 atom stereocenters. The fourth-order valence-electron chi connectivity index (χ4n) is 0.238. The smallest absolute Gasteiger partial charge is 0.149 e. The second kappa shape index (κ2) is 2.41. The summed E-state index contributed by atoms with van der Waals surface area (Å²) in [5, 5.41) is 26.5. The minimum atomic E-state index is -2.17. The van der Waals surface area contributed by atoms with Gasteiger partial charge in [-0.2, -0.15) is 10.4 Å². The molecule has 0 amide bonds. The highest BCUT2D eigenvalue weighted by atomic mass is 17.1. The van der Waals surface area contributed by atoms with Gasteiger partial charge in [0.05, 0.1) is 0 Å². The molecular weight excluding hydrogens is 110 g/mol. The Morgan fingerprint density at radius 1 is 1.62 bits per heavy atom. The monoisotopic (exact) mass is 121 g/mol. The van der Waals surface area contributed by atoms with Gasteiger partial charge in [0.2, 0.25) is 0 Å². The second-order valence-electron chi connectivity index (χ2n) is 1.85. The van der Waals surface area contributed by atoms with Crippen molar-refractivity contribution in [3.63, 3.8) is 0 Å². The van der Waals surface area contributed by atoms with Crippen LogP contribution in [-0.2, 0) is 0 Å². The van der Waals surface area contributed by atoms with Crippen LogP contribution in [0.3, 0.4) is 0 Å². The van der Waals surface area contributed by atoms with Gasteiger partial charge >= 0.3 is 0 Å². The van der Waals surface area contributed by atoms with Crippen molar-refractivity contribution in [3.8, 4) is 0 Å². The quantitative estimate of drug-likeness (QED) is 0.421. The molecule has 4 heteroatoms. The molecule has 0 aromatic carbocycles. The normalized spacial score (nSPS) is 16.1. The van der Waals surface area contributed by atoms with Crippen molar-refractivity contribution in [3.05, 3.63) is 5.21 Å². The third kappa shape index (κ3) is 2.23. The van der Waals surface area contributed by atoms with Crippen LogP contribution in [0.4, 0.5) is 0 Å². The third-order valence-electron chi connectivity index (χ3n) is 1.17. The van der Waals surface area contributed by atoms with Crippen molar-refractivity contribution in [2.24, 2.45) is 0 Å². The van der Waals surface area contributed by atoms with Crippen molar-refractivity contribution in [2.45, 2.75) is 26.3 Å². The van der Waals surface area contributed by atoms with Crippen molar-refractivity contribution >= 4 is 0 Å². The molecule has 0 radical (unpaired) electrons. The first kappa shape index (κ1) is 7.84. The number of hydrogen-bond acceptors (Lipinski definition) is 3. The highest BCUT2D eigenvalue weighted by Crippen LogP contribution is 2.04. The number of hydrogen-bond donors (Lipinski definition) is 2. The fourth-order valence-corrected chi connectivity index (χ4v) is 0.238. The topological polar surface area (TPSA) is 63.5 Å². The molecule has 0 aliphatic heterocycles. The van der Waals surface area contributed by atoms with Crippen LogP contribution in [0.5, 0.6) is 0 Å². The summed E-state index contributed by atoms with van der Waals surface area (Å²) in [5.74, 6) is 0. The van der Waals surface area contributed by atoms with Gasteiger partial charge in [-0.15, -0.1) is 0 Å². The van der Waals surface area contributed by atoms with Gasteiger partial charge in [0, 0.05) is 6.42 Å². The maximum atomic E-state index is 10.1. The van der Waals surface area contributed by atoms with Crippen molar-refractivity contribution in [2.75, 3.05) is 0 Å². The van der Waals surface area contributed by atoms with Crippen LogP contribution in [0.25, 0.3) is 0 Å². The zero-order valence-electron chi connectivity index (χ0n) is 5.03. The third-order valence-corrected chi connectivity index (χ3v) is 1.17. The molecule has 0 spiro atoms. The summed E-state index contributed by atoms with van der Waals surface area (Å²) in [6, 6.07) is -0.657. The minimum Gasteiger partial charge on any atom is -0.564 e. The average molecular weight is 121 g/mol. The van der Waals surface area contributed by atoms with Gasteiger partial charge in [-0.1, -0.05) is 11.9 Å². The van der Waals surface area contributed by atoms with E-state index in [0.717, 1.165) is 0 Å². The van der Waals surface area contributed by atoms with Gasteiger partial charge in [-0.05, 0) is 6.92 Å². The average Bonchev–Trinajstić information content (AvgIpc) is 1.62. The van der Waals surface area contributed by atoms with Gasteiger partial charge in [0.15, 0.2) is 0 Å². The lowest BCUT2D eigenvalue weighted by Gasteiger charge is -2.29. The highest BCUT2D eigenvalue weighted by Gasteiger charge is 2.17. The Labute approximate surface area is 48.0 Å². The summed E-state index contributed by atoms with van der Waals surface area (Å²) in [6.07, 6.45) is 0.455. The summed E-state index contributed by atoms with van der Waals surface area (Å²) in [7, 11) is 0. The zero-order chi connectivity index (χ0) is 6.78. The molecule has 1 unspecified atom stereocenters. The molecule has 0 aliphatic rings. The zero-order valence-corrected chi connectivity index (χ0v) is 5.03. The SMILES string of the molecule is CCC(C)[N+]([O-])(O)O. The predicted molar refractivity (Wildman–Crippen MR) is 27.0 cm³/mol. The van der Waals surface area contributed by atoms with E-state index >= 15 is 0 Å². The Hall–Kier alpha value is -0.160. The molecule has 0 fully saturated rings. The lowest BCUT2D eigenvalue weighted by atomic mass is 10.3. The Morgan fingerprint density at radius 2 is 2.00 bits per heavy atom. The van der Waals surface area contributed by atoms with E-state index in [1.165, 1.54) is 6.92 Å². The number of nitrogens with zero attached hydrogens (tertiary/aromatic N) is 1. The lowest BCUT2D eigenvalue weighted by molar-refractivity contribution is -1.23. The van der Waals surface area contributed by atoms with Crippen LogP contribution in [0, 0.1) is 5.21 Å². The van der Waals surface area contributed by atoms with Crippen molar-refractivity contribution in [1.82, 2.24) is 0 Å². The molecule has 0 bridgehead atoms. The van der Waals surface area contributed by atoms with Gasteiger partial charge in [0.1, 0.15) is 6.04 Å². The summed E-state index contributed by atoms with van der Waals surface area (Å²) in [4.78, 5) is -2.17. The first-order valence-corrected chi connectivity index (χ1v) is 2.53. The van der Waals surface area contributed by atoms with Crippen LogP contribution >= 0.6 is 0 Å². The Bertz CT molecular complexity index is 68.2. The van der Waals surface area contributed by atoms with Crippen LogP contribution in [0.15, 0.2) is 0 Å². The van der Waals surface area contributed by atoms with E-state index in [2.05, 4.69) is 0 Å². The molecule has 0 aromatic rings. The van der Waals surface area contributed by atoms with E-state index in [0.29, 0.717) is 6.42 Å². The number of quaternary nitrogens is 1. The summed E-state index contributed by atoms with van der Waals surface area (Å²) in [5.41, 5.74) is 0. The summed E-state index contributed by atoms with van der Waals surface area (Å²) in [6.45, 7) is 3.18. The molecular formula is C4H11NO3. The first-order chi connectivity index (χ1) is 3.48. The van der Waals surface area contributed by atoms with Crippen LogP contribution in [0.2, 0.25) is 0 Å². The van der Waals surface area contributed by atoms with E-state index in [9.17, 15) is 5.21 Å². The standard InChI is InChI=1S/C4H11NO3/c1-3-4(2)5(6,7)8/h4,6-7H,3H2,1-2H3. The number of hydroxylamine groups is 3. The second-order valence-corrected chi connectivity index (χ2v) is 1.85. The van der Waals surface area contributed by atoms with Gasteiger partial charge < -0.3 is 5.21 Å². The maximum Gasteiger partial charge on any atom is 0.149 e. The maximum absolute atomic E-state index is 10.1. The van der Waals surface area contributed by atoms with E-state index in [1.807, 2.05) is 0 Å². The van der Waals surface area contributed by atoms with E-state index < -0.39 is 11.0 Å². The molecule has 8 heavy (non-hydrogen) atoms. The van der Waals surface area contributed by atoms with Gasteiger partial charge in [-0.25, -0.2) is 0 Å². The lowest BCUT2D eigenvalue weighted by Crippen LogP contribution is -2.42.